The van der Waals surface area contributed by atoms with E-state index in [1.54, 1.807) is 6.92 Å². The van der Waals surface area contributed by atoms with Crippen molar-refractivity contribution in [3.8, 4) is 11.5 Å². The van der Waals surface area contributed by atoms with Gasteiger partial charge in [0.2, 0.25) is 0 Å². The summed E-state index contributed by atoms with van der Waals surface area (Å²) in [7, 11) is 0. The van der Waals surface area contributed by atoms with E-state index in [0.717, 1.165) is 31.1 Å². The molecule has 5 heteroatoms. The van der Waals surface area contributed by atoms with Crippen LogP contribution in [0.5, 0.6) is 11.5 Å². The summed E-state index contributed by atoms with van der Waals surface area (Å²) in [4.78, 5) is 13.1. The van der Waals surface area contributed by atoms with Crippen LogP contribution in [0.3, 0.4) is 0 Å². The average molecular weight is 293 g/mol. The molecular weight excluding hydrogens is 270 g/mol. The van der Waals surface area contributed by atoms with E-state index in [9.17, 15) is 4.79 Å². The minimum atomic E-state index is -0.703. The summed E-state index contributed by atoms with van der Waals surface area (Å²) in [6.07, 6.45) is 0. The number of hydrogen-bond donors (Lipinski definition) is 1. The van der Waals surface area contributed by atoms with E-state index < -0.39 is 5.97 Å². The second kappa shape index (κ2) is 7.31. The molecule has 1 aromatic rings. The summed E-state index contributed by atoms with van der Waals surface area (Å²) < 4.78 is 11.0. The summed E-state index contributed by atoms with van der Waals surface area (Å²) in [5, 5.41) is 8.94. The Labute approximate surface area is 125 Å². The molecule has 0 amide bonds. The van der Waals surface area contributed by atoms with Gasteiger partial charge in [0.05, 0.1) is 12.5 Å². The third-order valence-electron chi connectivity index (χ3n) is 3.89. The molecule has 21 heavy (non-hydrogen) atoms. The molecule has 1 fully saturated rings. The fourth-order valence-electron chi connectivity index (χ4n) is 2.40. The summed E-state index contributed by atoms with van der Waals surface area (Å²) in [5.41, 5.74) is 0. The summed E-state index contributed by atoms with van der Waals surface area (Å²) in [5.74, 6) is 0.985. The van der Waals surface area contributed by atoms with Gasteiger partial charge >= 0.3 is 5.97 Å². The zero-order chi connectivity index (χ0) is 15.2. The van der Waals surface area contributed by atoms with Crippen molar-refractivity contribution in [2.24, 2.45) is 11.8 Å². The molecule has 5 nitrogen and oxygen atoms in total. The third-order valence-corrected chi connectivity index (χ3v) is 3.89. The van der Waals surface area contributed by atoms with Crippen LogP contribution in [-0.4, -0.2) is 48.8 Å². The van der Waals surface area contributed by atoms with E-state index in [1.165, 1.54) is 0 Å². The molecule has 1 aromatic carbocycles. The van der Waals surface area contributed by atoms with Crippen LogP contribution in [0.4, 0.5) is 0 Å². The molecule has 1 aliphatic rings. The van der Waals surface area contributed by atoms with Crippen molar-refractivity contribution in [2.75, 3.05) is 32.8 Å². The van der Waals surface area contributed by atoms with Crippen LogP contribution in [0.2, 0.25) is 0 Å². The van der Waals surface area contributed by atoms with Gasteiger partial charge in [-0.05, 0) is 37.1 Å². The van der Waals surface area contributed by atoms with Gasteiger partial charge in [0.25, 0.3) is 0 Å². The number of aliphatic carboxylic acids is 1. The highest BCUT2D eigenvalue weighted by Crippen LogP contribution is 2.24. The van der Waals surface area contributed by atoms with E-state index in [4.69, 9.17) is 14.6 Å². The minimum Gasteiger partial charge on any atom is -0.494 e. The van der Waals surface area contributed by atoms with E-state index in [2.05, 4.69) is 4.90 Å². The van der Waals surface area contributed by atoms with Crippen molar-refractivity contribution >= 4 is 5.97 Å². The maximum absolute atomic E-state index is 10.9. The number of rotatable bonds is 8. The Morgan fingerprint density at radius 3 is 2.38 bits per heavy atom. The summed E-state index contributed by atoms with van der Waals surface area (Å²) in [6.45, 7) is 7.53. The SMILES string of the molecule is CCOc1ccc(OCCN2CC(C(C)C(=O)O)C2)cc1. The number of likely N-dealkylation sites (tertiary alicyclic amines) is 1. The fourth-order valence-corrected chi connectivity index (χ4v) is 2.40. The molecule has 1 aliphatic heterocycles. The smallest absolute Gasteiger partial charge is 0.306 e. The first-order valence-electron chi connectivity index (χ1n) is 7.41. The highest BCUT2D eigenvalue weighted by molar-refractivity contribution is 5.70. The predicted octanol–water partition coefficient (Wildman–Crippen LogP) is 2.12. The maximum Gasteiger partial charge on any atom is 0.306 e. The molecule has 0 spiro atoms. The zero-order valence-corrected chi connectivity index (χ0v) is 12.6. The van der Waals surface area contributed by atoms with Gasteiger partial charge in [-0.15, -0.1) is 0 Å². The first-order valence-corrected chi connectivity index (χ1v) is 7.41. The Morgan fingerprint density at radius 2 is 1.86 bits per heavy atom. The lowest BCUT2D eigenvalue weighted by molar-refractivity contribution is -0.145. The van der Waals surface area contributed by atoms with Gasteiger partial charge in [-0.2, -0.15) is 0 Å². The Kier molecular flexibility index (Phi) is 5.44. The Bertz CT molecular complexity index is 454. The normalized spacial score (nSPS) is 17.0. The van der Waals surface area contributed by atoms with Crippen LogP contribution < -0.4 is 9.47 Å². The van der Waals surface area contributed by atoms with E-state index in [0.29, 0.717) is 13.2 Å². The summed E-state index contributed by atoms with van der Waals surface area (Å²) in [6, 6.07) is 7.59. The number of ether oxygens (including phenoxy) is 2. The quantitative estimate of drug-likeness (QED) is 0.795. The second-order valence-corrected chi connectivity index (χ2v) is 5.40. The van der Waals surface area contributed by atoms with Crippen molar-refractivity contribution in [3.05, 3.63) is 24.3 Å². The molecule has 1 unspecified atom stereocenters. The molecule has 0 aliphatic carbocycles. The van der Waals surface area contributed by atoms with Crippen molar-refractivity contribution in [1.82, 2.24) is 4.90 Å². The molecular formula is C16H23NO4. The van der Waals surface area contributed by atoms with Crippen LogP contribution in [0, 0.1) is 11.8 Å². The number of carbonyl (C=O) groups is 1. The van der Waals surface area contributed by atoms with E-state index in [-0.39, 0.29) is 11.8 Å². The van der Waals surface area contributed by atoms with Gasteiger partial charge in [-0.1, -0.05) is 6.92 Å². The number of nitrogens with zero attached hydrogens (tertiary/aromatic N) is 1. The molecule has 1 saturated heterocycles. The third kappa shape index (κ3) is 4.36. The van der Waals surface area contributed by atoms with Gasteiger partial charge in [0.15, 0.2) is 0 Å². The molecule has 1 heterocycles. The molecule has 0 aromatic heterocycles. The standard InChI is InChI=1S/C16H23NO4/c1-3-20-14-4-6-15(7-5-14)21-9-8-17-10-13(11-17)12(2)16(18)19/h4-7,12-13H,3,8-11H2,1-2H3,(H,18,19). The number of carboxylic acid groups (broad SMARTS) is 1. The van der Waals surface area contributed by atoms with Crippen LogP contribution in [0.1, 0.15) is 13.8 Å². The Morgan fingerprint density at radius 1 is 1.29 bits per heavy atom. The monoisotopic (exact) mass is 293 g/mol. The molecule has 0 saturated carbocycles. The molecule has 1 atom stereocenters. The van der Waals surface area contributed by atoms with Crippen LogP contribution in [0.15, 0.2) is 24.3 Å². The van der Waals surface area contributed by atoms with Gasteiger partial charge in [0, 0.05) is 19.6 Å². The maximum atomic E-state index is 10.9. The number of carboxylic acids is 1. The van der Waals surface area contributed by atoms with E-state index >= 15 is 0 Å². The van der Waals surface area contributed by atoms with Gasteiger partial charge < -0.3 is 14.6 Å². The second-order valence-electron chi connectivity index (χ2n) is 5.40. The number of benzene rings is 1. The number of hydrogen-bond acceptors (Lipinski definition) is 4. The van der Waals surface area contributed by atoms with Crippen LogP contribution in [-0.2, 0) is 4.79 Å². The van der Waals surface area contributed by atoms with Gasteiger partial charge in [0.1, 0.15) is 18.1 Å². The highest BCUT2D eigenvalue weighted by atomic mass is 16.5. The summed E-state index contributed by atoms with van der Waals surface area (Å²) >= 11 is 0. The largest absolute Gasteiger partial charge is 0.494 e. The minimum absolute atomic E-state index is 0.256. The van der Waals surface area contributed by atoms with Gasteiger partial charge in [-0.3, -0.25) is 9.69 Å². The Hall–Kier alpha value is -1.75. The topological polar surface area (TPSA) is 59.0 Å². The lowest BCUT2D eigenvalue weighted by Crippen LogP contribution is -2.52. The first-order chi connectivity index (χ1) is 10.1. The highest BCUT2D eigenvalue weighted by Gasteiger charge is 2.34. The molecule has 116 valence electrons. The molecule has 0 bridgehead atoms. The Balaban J connectivity index is 1.63. The van der Waals surface area contributed by atoms with Crippen LogP contribution in [0.25, 0.3) is 0 Å². The molecule has 0 radical (unpaired) electrons. The molecule has 1 N–H and O–H groups in total. The van der Waals surface area contributed by atoms with Crippen molar-refractivity contribution in [3.63, 3.8) is 0 Å². The van der Waals surface area contributed by atoms with Crippen LogP contribution >= 0.6 is 0 Å². The van der Waals surface area contributed by atoms with E-state index in [1.807, 2.05) is 31.2 Å². The van der Waals surface area contributed by atoms with Gasteiger partial charge in [-0.25, -0.2) is 0 Å². The average Bonchev–Trinajstić information content (AvgIpc) is 2.42. The van der Waals surface area contributed by atoms with Crippen molar-refractivity contribution in [1.29, 1.82) is 0 Å². The molecule has 2 rings (SSSR count). The zero-order valence-electron chi connectivity index (χ0n) is 12.6. The first kappa shape index (κ1) is 15.6. The van der Waals surface area contributed by atoms with Crippen molar-refractivity contribution in [2.45, 2.75) is 13.8 Å². The van der Waals surface area contributed by atoms with Crippen molar-refractivity contribution < 1.29 is 19.4 Å². The lowest BCUT2D eigenvalue weighted by Gasteiger charge is -2.41. The predicted molar refractivity (Wildman–Crippen MR) is 79.8 cm³/mol. The fraction of sp³-hybridized carbons (Fsp3) is 0.562. The lowest BCUT2D eigenvalue weighted by atomic mass is 9.87.